The van der Waals surface area contributed by atoms with Crippen LogP contribution >= 0.6 is 58.0 Å². The minimum absolute atomic E-state index is 0.230. The average molecular weight is 319 g/mol. The van der Waals surface area contributed by atoms with Gasteiger partial charge in [0.15, 0.2) is 0 Å². The molecule has 1 aromatic rings. The van der Waals surface area contributed by atoms with Gasteiger partial charge >= 0.3 is 0 Å². The van der Waals surface area contributed by atoms with Crippen LogP contribution in [0.1, 0.15) is 16.0 Å². The molecule has 0 fully saturated rings. The number of rotatable bonds is 2. The molecule has 1 aromatic carbocycles. The highest BCUT2D eigenvalue weighted by atomic mass is 35.6. The highest BCUT2D eigenvalue weighted by Gasteiger charge is 2.29. The first-order chi connectivity index (χ1) is 7.38. The molecular weight excluding hydrogens is 315 g/mol. The standard InChI is InChI=1S/C9H4Cl5NO/c10-8(11)7-5(9(12,13)14)2-1-3-6(7)15-4-16/h1-3,8H. The first-order valence-electron chi connectivity index (χ1n) is 3.94. The topological polar surface area (TPSA) is 29.4 Å². The number of hydrogen-bond donors (Lipinski definition) is 0. The molecule has 7 heteroatoms. The fourth-order valence-electron chi connectivity index (χ4n) is 1.18. The van der Waals surface area contributed by atoms with Crippen LogP contribution in [0.5, 0.6) is 0 Å². The molecule has 0 bridgehead atoms. The summed E-state index contributed by atoms with van der Waals surface area (Å²) in [4.78, 5) is 12.7. The molecule has 0 aliphatic rings. The molecule has 0 aliphatic carbocycles. The quantitative estimate of drug-likeness (QED) is 0.430. The van der Waals surface area contributed by atoms with Crippen molar-refractivity contribution in [2.45, 2.75) is 8.63 Å². The molecular formula is C9H4Cl5NO. The fraction of sp³-hybridized carbons (Fsp3) is 0.222. The van der Waals surface area contributed by atoms with Gasteiger partial charge in [0.1, 0.15) is 4.84 Å². The van der Waals surface area contributed by atoms with Crippen molar-refractivity contribution >= 4 is 69.8 Å². The van der Waals surface area contributed by atoms with Crippen LogP contribution < -0.4 is 0 Å². The first-order valence-corrected chi connectivity index (χ1v) is 5.94. The molecule has 2 nitrogen and oxygen atoms in total. The Kier molecular flexibility index (Phi) is 4.93. The second-order valence-electron chi connectivity index (χ2n) is 2.74. The third-order valence-corrected chi connectivity index (χ3v) is 2.82. The highest BCUT2D eigenvalue weighted by molar-refractivity contribution is 6.67. The summed E-state index contributed by atoms with van der Waals surface area (Å²) < 4.78 is -1.69. The van der Waals surface area contributed by atoms with E-state index in [0.29, 0.717) is 0 Å². The maximum Gasteiger partial charge on any atom is 0.240 e. The molecule has 0 saturated heterocycles. The third kappa shape index (κ3) is 3.27. The summed E-state index contributed by atoms with van der Waals surface area (Å²) in [5.41, 5.74) is 0.798. The molecule has 0 amide bonds. The Bertz CT molecular complexity index is 434. The van der Waals surface area contributed by atoms with Crippen molar-refractivity contribution in [1.82, 2.24) is 0 Å². The van der Waals surface area contributed by atoms with E-state index in [4.69, 9.17) is 58.0 Å². The van der Waals surface area contributed by atoms with Crippen molar-refractivity contribution in [2.24, 2.45) is 4.99 Å². The van der Waals surface area contributed by atoms with Gasteiger partial charge in [0, 0.05) is 11.1 Å². The van der Waals surface area contributed by atoms with Crippen LogP contribution in [-0.4, -0.2) is 6.08 Å². The Morgan fingerprint density at radius 2 is 1.88 bits per heavy atom. The van der Waals surface area contributed by atoms with Gasteiger partial charge in [-0.1, -0.05) is 70.1 Å². The minimum atomic E-state index is -1.69. The van der Waals surface area contributed by atoms with Crippen molar-refractivity contribution in [3.8, 4) is 0 Å². The van der Waals surface area contributed by atoms with Crippen molar-refractivity contribution in [2.75, 3.05) is 0 Å². The Labute approximate surface area is 117 Å². The summed E-state index contributed by atoms with van der Waals surface area (Å²) >= 11 is 28.8. The van der Waals surface area contributed by atoms with E-state index in [1.165, 1.54) is 12.1 Å². The number of alkyl halides is 5. The Morgan fingerprint density at radius 1 is 1.25 bits per heavy atom. The van der Waals surface area contributed by atoms with Crippen LogP contribution in [0.3, 0.4) is 0 Å². The molecule has 0 aromatic heterocycles. The van der Waals surface area contributed by atoms with Gasteiger partial charge in [0.2, 0.25) is 9.87 Å². The summed E-state index contributed by atoms with van der Waals surface area (Å²) in [6, 6.07) is 4.65. The lowest BCUT2D eigenvalue weighted by atomic mass is 10.1. The summed E-state index contributed by atoms with van der Waals surface area (Å²) in [5.74, 6) is 0. The summed E-state index contributed by atoms with van der Waals surface area (Å²) in [7, 11) is 0. The zero-order valence-electron chi connectivity index (χ0n) is 7.55. The summed E-state index contributed by atoms with van der Waals surface area (Å²) in [6.45, 7) is 0. The number of benzene rings is 1. The van der Waals surface area contributed by atoms with E-state index < -0.39 is 8.63 Å². The molecule has 0 N–H and O–H groups in total. The number of isocyanates is 1. The molecule has 0 radical (unpaired) electrons. The lowest BCUT2D eigenvalue weighted by molar-refractivity contribution is 0.565. The van der Waals surface area contributed by atoms with E-state index in [9.17, 15) is 4.79 Å². The predicted octanol–water partition coefficient (Wildman–Crippen LogP) is 4.96. The van der Waals surface area contributed by atoms with Crippen LogP contribution in [0, 0.1) is 0 Å². The van der Waals surface area contributed by atoms with Crippen LogP contribution in [0.2, 0.25) is 0 Å². The van der Waals surface area contributed by atoms with Gasteiger partial charge in [-0.2, -0.15) is 4.99 Å². The summed E-state index contributed by atoms with van der Waals surface area (Å²) in [6.07, 6.45) is 1.39. The number of nitrogens with zero attached hydrogens (tertiary/aromatic N) is 1. The van der Waals surface area contributed by atoms with Crippen LogP contribution in [0.4, 0.5) is 5.69 Å². The zero-order chi connectivity index (χ0) is 12.3. The lowest BCUT2D eigenvalue weighted by Crippen LogP contribution is -2.05. The van der Waals surface area contributed by atoms with Crippen molar-refractivity contribution in [1.29, 1.82) is 0 Å². The van der Waals surface area contributed by atoms with E-state index in [-0.39, 0.29) is 16.8 Å². The number of aliphatic imine (C=N–C) groups is 1. The fourth-order valence-corrected chi connectivity index (χ4v) is 2.13. The van der Waals surface area contributed by atoms with Crippen molar-refractivity contribution < 1.29 is 4.79 Å². The zero-order valence-corrected chi connectivity index (χ0v) is 11.3. The highest BCUT2D eigenvalue weighted by Crippen LogP contribution is 2.46. The third-order valence-electron chi connectivity index (χ3n) is 1.77. The van der Waals surface area contributed by atoms with Gasteiger partial charge in [-0.05, 0) is 6.07 Å². The van der Waals surface area contributed by atoms with E-state index >= 15 is 0 Å². The van der Waals surface area contributed by atoms with E-state index in [2.05, 4.69) is 4.99 Å². The predicted molar refractivity (Wildman–Crippen MR) is 67.9 cm³/mol. The molecule has 0 spiro atoms. The van der Waals surface area contributed by atoms with Crippen molar-refractivity contribution in [3.05, 3.63) is 29.3 Å². The van der Waals surface area contributed by atoms with Crippen LogP contribution in [0.15, 0.2) is 23.2 Å². The molecule has 0 heterocycles. The van der Waals surface area contributed by atoms with Gasteiger partial charge in [0.25, 0.3) is 0 Å². The molecule has 0 unspecified atom stereocenters. The largest absolute Gasteiger partial charge is 0.240 e. The van der Waals surface area contributed by atoms with Gasteiger partial charge in [-0.3, -0.25) is 0 Å². The van der Waals surface area contributed by atoms with Gasteiger partial charge < -0.3 is 0 Å². The van der Waals surface area contributed by atoms with Crippen molar-refractivity contribution in [3.63, 3.8) is 0 Å². The lowest BCUT2D eigenvalue weighted by Gasteiger charge is -2.18. The minimum Gasteiger partial charge on any atom is -0.211 e. The Balaban J connectivity index is 3.51. The Hall–Kier alpha value is 0.0500. The van der Waals surface area contributed by atoms with Crippen LogP contribution in [0.25, 0.3) is 0 Å². The molecule has 0 atom stereocenters. The SMILES string of the molecule is O=C=Nc1cccc(C(Cl)(Cl)Cl)c1C(Cl)Cl. The molecule has 0 saturated carbocycles. The molecule has 1 rings (SSSR count). The maximum absolute atomic E-state index is 10.2. The second kappa shape index (κ2) is 5.59. The van der Waals surface area contributed by atoms with E-state index in [1.54, 1.807) is 12.1 Å². The number of halogens is 5. The monoisotopic (exact) mass is 317 g/mol. The smallest absolute Gasteiger partial charge is 0.211 e. The van der Waals surface area contributed by atoms with Gasteiger partial charge in [-0.15, -0.1) is 0 Å². The second-order valence-corrected chi connectivity index (χ2v) is 6.12. The van der Waals surface area contributed by atoms with E-state index in [1.807, 2.05) is 0 Å². The number of hydrogen-bond acceptors (Lipinski definition) is 2. The van der Waals surface area contributed by atoms with E-state index in [0.717, 1.165) is 0 Å². The number of carbonyl (C=O) groups excluding carboxylic acids is 1. The average Bonchev–Trinajstić information content (AvgIpc) is 2.16. The molecule has 86 valence electrons. The van der Waals surface area contributed by atoms with Gasteiger partial charge in [0.05, 0.1) is 5.69 Å². The maximum atomic E-state index is 10.2. The molecule has 0 aliphatic heterocycles. The molecule has 16 heavy (non-hydrogen) atoms. The summed E-state index contributed by atoms with van der Waals surface area (Å²) in [5, 5.41) is 0. The Morgan fingerprint density at radius 3 is 2.31 bits per heavy atom. The van der Waals surface area contributed by atoms with Crippen LogP contribution in [-0.2, 0) is 8.59 Å². The normalized spacial score (nSPS) is 11.4. The van der Waals surface area contributed by atoms with Gasteiger partial charge in [-0.25, -0.2) is 4.79 Å². The first kappa shape index (κ1) is 14.1.